The molecule has 3 nitrogen and oxygen atoms in total. The second kappa shape index (κ2) is 7.68. The smallest absolute Gasteiger partial charge is 0.217 e. The summed E-state index contributed by atoms with van der Waals surface area (Å²) < 4.78 is 6.20. The molecule has 0 aromatic heterocycles. The average Bonchev–Trinajstić information content (AvgIpc) is 2.57. The monoisotopic (exact) mass is 361 g/mol. The quantitative estimate of drug-likeness (QED) is 0.562. The van der Waals surface area contributed by atoms with Gasteiger partial charge in [0, 0.05) is 5.56 Å². The van der Waals surface area contributed by atoms with E-state index in [1.807, 2.05) is 48.5 Å². The number of nitrogens with zero attached hydrogens (tertiary/aromatic N) is 1. The Labute approximate surface area is 141 Å². The molecule has 1 aliphatic rings. The number of carbonyl (C=O) groups is 1. The molecular formula is C18H20BrNO2. The predicted molar refractivity (Wildman–Crippen MR) is 84.4 cm³/mol. The summed E-state index contributed by atoms with van der Waals surface area (Å²) in [5.74, 6) is 0.196. The Hall–Kier alpha value is -1.49. The van der Waals surface area contributed by atoms with Crippen LogP contribution in [0.25, 0.3) is 0 Å². The Morgan fingerprint density at radius 1 is 0.909 bits per heavy atom. The average molecular weight is 362 g/mol. The largest absolute Gasteiger partial charge is 1.00 e. The van der Waals surface area contributed by atoms with E-state index in [9.17, 15) is 4.79 Å². The maximum atomic E-state index is 12.6. The highest BCUT2D eigenvalue weighted by Crippen LogP contribution is 2.25. The van der Waals surface area contributed by atoms with Crippen molar-refractivity contribution >= 4 is 11.5 Å². The zero-order valence-corrected chi connectivity index (χ0v) is 14.0. The van der Waals surface area contributed by atoms with E-state index in [2.05, 4.69) is 12.1 Å². The van der Waals surface area contributed by atoms with Crippen molar-refractivity contribution in [1.29, 1.82) is 0 Å². The van der Waals surface area contributed by atoms with Crippen molar-refractivity contribution in [2.45, 2.75) is 0 Å². The van der Waals surface area contributed by atoms with E-state index in [1.165, 1.54) is 5.69 Å². The standard InChI is InChI=1S/C18H20NO2.BrH/c20-18(16-7-3-1-4-8-16)15-19(11-13-21-14-12-19)17-9-5-2-6-10-17;/h1-10H,11-15H2;1H/q+1;/p-1. The van der Waals surface area contributed by atoms with Crippen molar-refractivity contribution in [3.05, 3.63) is 66.2 Å². The van der Waals surface area contributed by atoms with E-state index in [1.54, 1.807) is 0 Å². The van der Waals surface area contributed by atoms with Gasteiger partial charge in [-0.1, -0.05) is 48.5 Å². The summed E-state index contributed by atoms with van der Waals surface area (Å²) in [6.07, 6.45) is 0. The van der Waals surface area contributed by atoms with Crippen LogP contribution in [-0.4, -0.2) is 38.6 Å². The molecule has 0 spiro atoms. The van der Waals surface area contributed by atoms with Gasteiger partial charge < -0.3 is 21.7 Å². The molecule has 0 radical (unpaired) electrons. The number of morpholine rings is 1. The second-order valence-electron chi connectivity index (χ2n) is 5.49. The summed E-state index contributed by atoms with van der Waals surface area (Å²) in [5, 5.41) is 0. The van der Waals surface area contributed by atoms with Crippen molar-refractivity contribution in [2.24, 2.45) is 0 Å². The molecule has 4 heteroatoms. The van der Waals surface area contributed by atoms with Gasteiger partial charge in [-0.3, -0.25) is 9.28 Å². The van der Waals surface area contributed by atoms with Gasteiger partial charge in [0.1, 0.15) is 25.3 Å². The van der Waals surface area contributed by atoms with Gasteiger partial charge in [0.15, 0.2) is 0 Å². The summed E-state index contributed by atoms with van der Waals surface area (Å²) in [7, 11) is 0. The molecule has 2 aromatic carbocycles. The summed E-state index contributed by atoms with van der Waals surface area (Å²) in [5.41, 5.74) is 1.99. The summed E-state index contributed by atoms with van der Waals surface area (Å²) in [4.78, 5) is 12.6. The molecule has 1 saturated heterocycles. The van der Waals surface area contributed by atoms with E-state index in [-0.39, 0.29) is 22.8 Å². The van der Waals surface area contributed by atoms with E-state index >= 15 is 0 Å². The fourth-order valence-electron chi connectivity index (χ4n) is 2.93. The first-order chi connectivity index (χ1) is 10.3. The summed E-state index contributed by atoms with van der Waals surface area (Å²) in [6, 6.07) is 19.9. The van der Waals surface area contributed by atoms with Crippen LogP contribution in [0.3, 0.4) is 0 Å². The molecule has 1 aliphatic heterocycles. The van der Waals surface area contributed by atoms with E-state index in [0.717, 1.165) is 18.7 Å². The molecule has 0 aliphatic carbocycles. The third kappa shape index (κ3) is 3.64. The number of ether oxygens (including phenoxy) is 1. The Bertz CT molecular complexity index is 595. The number of hydrogen-bond donors (Lipinski definition) is 0. The molecule has 22 heavy (non-hydrogen) atoms. The fraction of sp³-hybridized carbons (Fsp3) is 0.278. The molecule has 3 rings (SSSR count). The van der Waals surface area contributed by atoms with Crippen LogP contribution in [0.1, 0.15) is 10.4 Å². The normalized spacial score (nSPS) is 16.5. The van der Waals surface area contributed by atoms with Gasteiger partial charge in [-0.15, -0.1) is 0 Å². The first kappa shape index (κ1) is 16.9. The van der Waals surface area contributed by atoms with Crippen LogP contribution in [0.5, 0.6) is 0 Å². The molecule has 116 valence electrons. The molecule has 0 N–H and O–H groups in total. The minimum atomic E-state index is 0. The Kier molecular flexibility index (Phi) is 5.89. The van der Waals surface area contributed by atoms with E-state index in [0.29, 0.717) is 24.2 Å². The van der Waals surface area contributed by atoms with Gasteiger partial charge in [-0.25, -0.2) is 0 Å². The molecule has 0 atom stereocenters. The van der Waals surface area contributed by atoms with Crippen LogP contribution in [0, 0.1) is 0 Å². The van der Waals surface area contributed by atoms with Crippen molar-refractivity contribution < 1.29 is 26.5 Å². The summed E-state index contributed by atoms with van der Waals surface area (Å²) in [6.45, 7) is 3.61. The van der Waals surface area contributed by atoms with E-state index < -0.39 is 0 Å². The van der Waals surface area contributed by atoms with E-state index in [4.69, 9.17) is 4.74 Å². The number of ketones is 1. The molecule has 0 amide bonds. The number of para-hydroxylation sites is 1. The lowest BCUT2D eigenvalue weighted by molar-refractivity contribution is -0.0000180. The van der Waals surface area contributed by atoms with Gasteiger partial charge in [0.05, 0.1) is 13.2 Å². The van der Waals surface area contributed by atoms with Crippen LogP contribution in [0.15, 0.2) is 60.7 Å². The highest BCUT2D eigenvalue weighted by atomic mass is 79.9. The van der Waals surface area contributed by atoms with Crippen molar-refractivity contribution in [3.8, 4) is 0 Å². The Balaban J connectivity index is 0.00000176. The third-order valence-corrected chi connectivity index (χ3v) is 4.17. The zero-order valence-electron chi connectivity index (χ0n) is 12.5. The van der Waals surface area contributed by atoms with Crippen LogP contribution >= 0.6 is 0 Å². The number of Topliss-reactive ketones (excluding diaryl/α,β-unsaturated/α-hetero) is 1. The van der Waals surface area contributed by atoms with Gasteiger partial charge in [0.25, 0.3) is 0 Å². The first-order valence-corrected chi connectivity index (χ1v) is 7.38. The number of hydrogen-bond acceptors (Lipinski definition) is 2. The molecule has 0 unspecified atom stereocenters. The van der Waals surface area contributed by atoms with Crippen molar-refractivity contribution in [3.63, 3.8) is 0 Å². The lowest BCUT2D eigenvalue weighted by Gasteiger charge is -2.40. The minimum Gasteiger partial charge on any atom is -1.00 e. The molecular weight excluding hydrogens is 342 g/mol. The highest BCUT2D eigenvalue weighted by Gasteiger charge is 2.35. The third-order valence-electron chi connectivity index (χ3n) is 4.17. The second-order valence-corrected chi connectivity index (χ2v) is 5.49. The molecule has 0 saturated carbocycles. The Morgan fingerprint density at radius 2 is 1.45 bits per heavy atom. The molecule has 1 heterocycles. The number of carbonyl (C=O) groups excluding carboxylic acids is 1. The SMILES string of the molecule is O=C(C[N+]1(c2ccccc2)CCOCC1)c1ccccc1.[Br-]. The van der Waals surface area contributed by atoms with Gasteiger partial charge in [-0.05, 0) is 12.1 Å². The molecule has 0 bridgehead atoms. The summed E-state index contributed by atoms with van der Waals surface area (Å²) >= 11 is 0. The minimum absolute atomic E-state index is 0. The predicted octanol–water partition coefficient (Wildman–Crippen LogP) is -0.0890. The van der Waals surface area contributed by atoms with Crippen LogP contribution in [0.4, 0.5) is 5.69 Å². The lowest BCUT2D eigenvalue weighted by atomic mass is 10.1. The van der Waals surface area contributed by atoms with Crippen LogP contribution < -0.4 is 21.5 Å². The van der Waals surface area contributed by atoms with Gasteiger partial charge >= 0.3 is 0 Å². The number of quaternary nitrogens is 1. The maximum absolute atomic E-state index is 12.6. The van der Waals surface area contributed by atoms with Crippen molar-refractivity contribution in [1.82, 2.24) is 4.48 Å². The van der Waals surface area contributed by atoms with Crippen LogP contribution in [0.2, 0.25) is 0 Å². The van der Waals surface area contributed by atoms with Crippen LogP contribution in [-0.2, 0) is 4.74 Å². The molecule has 1 fully saturated rings. The topological polar surface area (TPSA) is 26.3 Å². The lowest BCUT2D eigenvalue weighted by Crippen LogP contribution is -3.00. The Morgan fingerprint density at radius 3 is 2.05 bits per heavy atom. The molecule has 2 aromatic rings. The zero-order chi connectivity index (χ0) is 14.5. The number of halogens is 1. The maximum Gasteiger partial charge on any atom is 0.217 e. The van der Waals surface area contributed by atoms with Gasteiger partial charge in [-0.2, -0.15) is 0 Å². The highest BCUT2D eigenvalue weighted by molar-refractivity contribution is 5.98. The fourth-order valence-corrected chi connectivity index (χ4v) is 2.93. The number of benzene rings is 2. The first-order valence-electron chi connectivity index (χ1n) is 7.38. The number of rotatable bonds is 4. The van der Waals surface area contributed by atoms with Crippen molar-refractivity contribution in [2.75, 3.05) is 32.8 Å². The van der Waals surface area contributed by atoms with Gasteiger partial charge in [0.2, 0.25) is 5.78 Å².